The predicted molar refractivity (Wildman–Crippen MR) is 119 cm³/mol. The summed E-state index contributed by atoms with van der Waals surface area (Å²) in [5.41, 5.74) is 0.417. The molecule has 0 unspecified atom stereocenters. The van der Waals surface area contributed by atoms with E-state index < -0.39 is 33.1 Å². The Morgan fingerprint density at radius 2 is 1.93 bits per heavy atom. The third-order valence-corrected chi connectivity index (χ3v) is 10.8. The fraction of sp³-hybridized carbons (Fsp3) is 0.696. The van der Waals surface area contributed by atoms with Crippen LogP contribution in [0.4, 0.5) is 0 Å². The molecule has 1 aliphatic heterocycles. The maximum atomic E-state index is 12.4. The minimum atomic E-state index is -1.94. The zero-order chi connectivity index (χ0) is 22.4. The van der Waals surface area contributed by atoms with Crippen molar-refractivity contribution in [2.75, 3.05) is 13.2 Å². The topological polar surface area (TPSA) is 85.2 Å². The first-order chi connectivity index (χ1) is 14.0. The summed E-state index contributed by atoms with van der Waals surface area (Å²) >= 11 is 0. The quantitative estimate of drug-likeness (QED) is 0.449. The number of carbonyl (C=O) groups is 1. The lowest BCUT2D eigenvalue weighted by atomic mass is 9.98. The van der Waals surface area contributed by atoms with E-state index in [2.05, 4.69) is 33.9 Å². The highest BCUT2D eigenvalue weighted by atomic mass is 28.4. The summed E-state index contributed by atoms with van der Waals surface area (Å²) in [5.74, 6) is -0.508. The van der Waals surface area contributed by atoms with Crippen LogP contribution in [0.25, 0.3) is 0 Å². The second-order valence-corrected chi connectivity index (χ2v) is 14.4. The molecule has 1 aliphatic rings. The van der Waals surface area contributed by atoms with Gasteiger partial charge in [-0.05, 0) is 55.9 Å². The van der Waals surface area contributed by atoms with Gasteiger partial charge in [-0.15, -0.1) is 0 Å². The molecule has 1 heterocycles. The molecular formula is C23H38O6Si. The predicted octanol–water partition coefficient (Wildman–Crippen LogP) is 3.91. The van der Waals surface area contributed by atoms with Crippen LogP contribution in [0.5, 0.6) is 0 Å². The highest BCUT2D eigenvalue weighted by molar-refractivity contribution is 6.74. The van der Waals surface area contributed by atoms with Gasteiger partial charge >= 0.3 is 5.97 Å². The Morgan fingerprint density at radius 1 is 1.27 bits per heavy atom. The van der Waals surface area contributed by atoms with Crippen molar-refractivity contribution < 1.29 is 28.9 Å². The number of rotatable bonds is 9. The molecule has 170 valence electrons. The molecular weight excluding hydrogens is 400 g/mol. The summed E-state index contributed by atoms with van der Waals surface area (Å²) in [6.07, 6.45) is 0.817. The molecule has 2 N–H and O–H groups in total. The van der Waals surface area contributed by atoms with Gasteiger partial charge < -0.3 is 24.1 Å². The van der Waals surface area contributed by atoms with Gasteiger partial charge in [0.25, 0.3) is 0 Å². The van der Waals surface area contributed by atoms with Gasteiger partial charge in [-0.3, -0.25) is 0 Å². The summed E-state index contributed by atoms with van der Waals surface area (Å²) < 4.78 is 18.2. The third-order valence-electron chi connectivity index (χ3n) is 6.25. The number of benzene rings is 1. The van der Waals surface area contributed by atoms with Crippen molar-refractivity contribution in [2.45, 2.75) is 89.0 Å². The zero-order valence-corrected chi connectivity index (χ0v) is 20.0. The van der Waals surface area contributed by atoms with Crippen molar-refractivity contribution in [3.63, 3.8) is 0 Å². The molecule has 1 fully saturated rings. The second kappa shape index (κ2) is 10.9. The SMILES string of the molecule is CC(C)(C)[Si](C)(C)O[C@H]1CCCO[C@@H]1CC[C@H](OC(=O)c1ccccc1)[C@H](O)CO. The van der Waals surface area contributed by atoms with E-state index in [-0.39, 0.29) is 17.2 Å². The van der Waals surface area contributed by atoms with Crippen LogP contribution in [-0.2, 0) is 13.9 Å². The van der Waals surface area contributed by atoms with E-state index >= 15 is 0 Å². The number of ether oxygens (including phenoxy) is 2. The van der Waals surface area contributed by atoms with Gasteiger partial charge in [-0.2, -0.15) is 0 Å². The van der Waals surface area contributed by atoms with Crippen LogP contribution < -0.4 is 0 Å². The van der Waals surface area contributed by atoms with Crippen LogP contribution in [0.15, 0.2) is 30.3 Å². The average molecular weight is 439 g/mol. The van der Waals surface area contributed by atoms with Crippen LogP contribution >= 0.6 is 0 Å². The van der Waals surface area contributed by atoms with Crippen molar-refractivity contribution >= 4 is 14.3 Å². The van der Waals surface area contributed by atoms with E-state index in [1.54, 1.807) is 24.3 Å². The van der Waals surface area contributed by atoms with Crippen LogP contribution in [0.2, 0.25) is 18.1 Å². The molecule has 30 heavy (non-hydrogen) atoms. The maximum absolute atomic E-state index is 12.4. The molecule has 0 saturated carbocycles. The molecule has 1 saturated heterocycles. The van der Waals surface area contributed by atoms with Crippen molar-refractivity contribution in [2.24, 2.45) is 0 Å². The summed E-state index contributed by atoms with van der Waals surface area (Å²) in [7, 11) is -1.94. The van der Waals surface area contributed by atoms with Gasteiger partial charge in [0.1, 0.15) is 12.2 Å². The molecule has 0 bridgehead atoms. The lowest BCUT2D eigenvalue weighted by Crippen LogP contribution is -2.49. The lowest BCUT2D eigenvalue weighted by molar-refractivity contribution is -0.0849. The van der Waals surface area contributed by atoms with Crippen LogP contribution in [0.3, 0.4) is 0 Å². The molecule has 7 heteroatoms. The minimum absolute atomic E-state index is 0.00335. The third kappa shape index (κ3) is 6.88. The fourth-order valence-corrected chi connectivity index (χ4v) is 4.71. The molecule has 2 rings (SSSR count). The molecule has 4 atom stereocenters. The van der Waals surface area contributed by atoms with Crippen LogP contribution in [-0.4, -0.2) is 62.1 Å². The number of hydrogen-bond donors (Lipinski definition) is 2. The molecule has 6 nitrogen and oxygen atoms in total. The largest absolute Gasteiger partial charge is 0.456 e. The molecule has 0 aliphatic carbocycles. The lowest BCUT2D eigenvalue weighted by Gasteiger charge is -2.43. The highest BCUT2D eigenvalue weighted by Gasteiger charge is 2.41. The van der Waals surface area contributed by atoms with Gasteiger partial charge in [0.15, 0.2) is 8.32 Å². The van der Waals surface area contributed by atoms with Crippen molar-refractivity contribution in [1.29, 1.82) is 0 Å². The highest BCUT2D eigenvalue weighted by Crippen LogP contribution is 2.39. The minimum Gasteiger partial charge on any atom is -0.456 e. The first kappa shape index (κ1) is 25.0. The Hall–Kier alpha value is -1.25. The Bertz CT molecular complexity index is 657. The summed E-state index contributed by atoms with van der Waals surface area (Å²) in [4.78, 5) is 12.4. The Balaban J connectivity index is 2.02. The number of aliphatic hydroxyl groups excluding tert-OH is 2. The van der Waals surface area contributed by atoms with E-state index in [4.69, 9.17) is 13.9 Å². The first-order valence-electron chi connectivity index (χ1n) is 10.9. The zero-order valence-electron chi connectivity index (χ0n) is 19.0. The first-order valence-corrected chi connectivity index (χ1v) is 13.8. The van der Waals surface area contributed by atoms with E-state index in [0.29, 0.717) is 25.0 Å². The van der Waals surface area contributed by atoms with E-state index in [0.717, 1.165) is 12.8 Å². The normalized spacial score (nSPS) is 22.4. The number of hydrogen-bond acceptors (Lipinski definition) is 6. The number of aliphatic hydroxyl groups is 2. The Labute approximate surface area is 181 Å². The standard InChI is InChI=1S/C23H38O6Si/c1-23(2,3)30(4,5)29-21-12-9-15-27-20(21)14-13-19(18(25)16-24)28-22(26)17-10-7-6-8-11-17/h6-8,10-11,18-21,24-25H,9,12-16H2,1-5H3/t18-,19+,20-,21+/m1/s1. The van der Waals surface area contributed by atoms with Gasteiger partial charge in [-0.25, -0.2) is 4.79 Å². The fourth-order valence-electron chi connectivity index (χ4n) is 3.33. The summed E-state index contributed by atoms with van der Waals surface area (Å²) in [6, 6.07) is 8.66. The van der Waals surface area contributed by atoms with Gasteiger partial charge in [-0.1, -0.05) is 39.0 Å². The molecule has 0 amide bonds. The molecule has 1 aromatic rings. The molecule has 1 aromatic carbocycles. The van der Waals surface area contributed by atoms with Crippen molar-refractivity contribution in [3.8, 4) is 0 Å². The smallest absolute Gasteiger partial charge is 0.338 e. The average Bonchev–Trinajstić information content (AvgIpc) is 2.70. The van der Waals surface area contributed by atoms with Crippen LogP contribution in [0, 0.1) is 0 Å². The Kier molecular flexibility index (Phi) is 9.06. The van der Waals surface area contributed by atoms with Crippen molar-refractivity contribution in [3.05, 3.63) is 35.9 Å². The van der Waals surface area contributed by atoms with E-state index in [1.807, 2.05) is 6.07 Å². The summed E-state index contributed by atoms with van der Waals surface area (Å²) in [5, 5.41) is 19.7. The van der Waals surface area contributed by atoms with E-state index in [1.165, 1.54) is 0 Å². The molecule has 0 aromatic heterocycles. The number of esters is 1. The Morgan fingerprint density at radius 3 is 2.53 bits per heavy atom. The second-order valence-electron chi connectivity index (χ2n) is 9.61. The van der Waals surface area contributed by atoms with E-state index in [9.17, 15) is 15.0 Å². The number of carbonyl (C=O) groups excluding carboxylic acids is 1. The van der Waals surface area contributed by atoms with Gasteiger partial charge in [0, 0.05) is 6.61 Å². The molecule has 0 spiro atoms. The van der Waals surface area contributed by atoms with Crippen LogP contribution in [0.1, 0.15) is 56.8 Å². The molecule has 0 radical (unpaired) electrons. The van der Waals surface area contributed by atoms with Crippen molar-refractivity contribution in [1.82, 2.24) is 0 Å². The monoisotopic (exact) mass is 438 g/mol. The maximum Gasteiger partial charge on any atom is 0.338 e. The van der Waals surface area contributed by atoms with Gasteiger partial charge in [0.2, 0.25) is 0 Å². The summed E-state index contributed by atoms with van der Waals surface area (Å²) in [6.45, 7) is 11.3. The van der Waals surface area contributed by atoms with Gasteiger partial charge in [0.05, 0.1) is 24.4 Å².